The van der Waals surface area contributed by atoms with E-state index in [-0.39, 0.29) is 5.91 Å². The van der Waals surface area contributed by atoms with E-state index >= 15 is 0 Å². The summed E-state index contributed by atoms with van der Waals surface area (Å²) in [5.74, 6) is 0.622. The summed E-state index contributed by atoms with van der Waals surface area (Å²) >= 11 is 0. The lowest BCUT2D eigenvalue weighted by molar-refractivity contribution is -0.137. The number of likely N-dealkylation sites (tertiary alicyclic amines) is 1. The molecular weight excluding hydrogens is 264 g/mol. The molecule has 0 saturated carbocycles. The van der Waals surface area contributed by atoms with Crippen LogP contribution in [0.25, 0.3) is 0 Å². The second-order valence-electron chi connectivity index (χ2n) is 6.36. The van der Waals surface area contributed by atoms with Crippen LogP contribution in [-0.2, 0) is 11.3 Å². The molecule has 0 bridgehead atoms. The average Bonchev–Trinajstić information content (AvgIpc) is 2.95. The molecule has 2 heterocycles. The van der Waals surface area contributed by atoms with Crippen molar-refractivity contribution in [3.8, 4) is 0 Å². The van der Waals surface area contributed by atoms with E-state index in [4.69, 9.17) is 5.73 Å². The highest BCUT2D eigenvalue weighted by Gasteiger charge is 2.34. The summed E-state index contributed by atoms with van der Waals surface area (Å²) in [6, 6.07) is 0. The summed E-state index contributed by atoms with van der Waals surface area (Å²) in [7, 11) is 0. The molecule has 5 heteroatoms. The van der Waals surface area contributed by atoms with Gasteiger partial charge in [-0.05, 0) is 44.6 Å². The first-order valence-corrected chi connectivity index (χ1v) is 8.08. The number of hydrogen-bond donors (Lipinski definition) is 1. The lowest BCUT2D eigenvalue weighted by Gasteiger charge is -2.36. The highest BCUT2D eigenvalue weighted by Crippen LogP contribution is 2.28. The average molecular weight is 292 g/mol. The smallest absolute Gasteiger partial charge is 0.242 e. The van der Waals surface area contributed by atoms with Gasteiger partial charge in [0.05, 0.1) is 11.7 Å². The van der Waals surface area contributed by atoms with Gasteiger partial charge in [-0.1, -0.05) is 13.3 Å². The number of aromatic nitrogens is 2. The fourth-order valence-corrected chi connectivity index (χ4v) is 3.17. The van der Waals surface area contributed by atoms with Gasteiger partial charge in [-0.15, -0.1) is 0 Å². The Balaban J connectivity index is 1.92. The van der Waals surface area contributed by atoms with Crippen molar-refractivity contribution in [1.29, 1.82) is 0 Å². The molecule has 1 aliphatic rings. The molecule has 0 aromatic carbocycles. The number of nitrogens with two attached hydrogens (primary N) is 1. The van der Waals surface area contributed by atoms with Crippen molar-refractivity contribution < 1.29 is 4.79 Å². The first kappa shape index (κ1) is 16.0. The summed E-state index contributed by atoms with van der Waals surface area (Å²) in [4.78, 5) is 14.4. The van der Waals surface area contributed by atoms with Crippen LogP contribution in [0.3, 0.4) is 0 Å². The zero-order chi connectivity index (χ0) is 15.5. The van der Waals surface area contributed by atoms with E-state index in [2.05, 4.69) is 25.1 Å². The van der Waals surface area contributed by atoms with Gasteiger partial charge >= 0.3 is 0 Å². The molecule has 1 saturated heterocycles. The van der Waals surface area contributed by atoms with Gasteiger partial charge < -0.3 is 10.6 Å². The Morgan fingerprint density at radius 3 is 2.62 bits per heavy atom. The van der Waals surface area contributed by atoms with Crippen LogP contribution in [0, 0.1) is 0 Å². The van der Waals surface area contributed by atoms with Gasteiger partial charge in [-0.3, -0.25) is 9.48 Å². The minimum absolute atomic E-state index is 0.104. The van der Waals surface area contributed by atoms with E-state index in [0.29, 0.717) is 5.92 Å². The van der Waals surface area contributed by atoms with E-state index in [1.165, 1.54) is 5.56 Å². The Kier molecular flexibility index (Phi) is 5.04. The van der Waals surface area contributed by atoms with Gasteiger partial charge in [0.2, 0.25) is 5.91 Å². The minimum atomic E-state index is -0.714. The lowest BCUT2D eigenvalue weighted by atomic mass is 9.89. The van der Waals surface area contributed by atoms with Crippen molar-refractivity contribution in [2.75, 3.05) is 13.1 Å². The molecule has 1 atom stereocenters. The standard InChI is InChI=1S/C16H28N4O/c1-4-8-16(3,17)15(21)19-9-6-13(7-10-19)14-11-18-20(5-2)12-14/h11-13H,4-10,17H2,1-3H3. The number of carbonyl (C=O) groups is 1. The van der Waals surface area contributed by atoms with E-state index in [9.17, 15) is 4.79 Å². The van der Waals surface area contributed by atoms with E-state index in [0.717, 1.165) is 45.3 Å². The Morgan fingerprint density at radius 1 is 1.43 bits per heavy atom. The second kappa shape index (κ2) is 6.60. The predicted molar refractivity (Wildman–Crippen MR) is 84.0 cm³/mol. The number of nitrogens with zero attached hydrogens (tertiary/aromatic N) is 3. The molecule has 0 spiro atoms. The van der Waals surface area contributed by atoms with Crippen molar-refractivity contribution >= 4 is 5.91 Å². The lowest BCUT2D eigenvalue weighted by Crippen LogP contribution is -2.54. The molecule has 0 radical (unpaired) electrons. The van der Waals surface area contributed by atoms with Crippen molar-refractivity contribution in [3.05, 3.63) is 18.0 Å². The molecule has 1 aromatic rings. The zero-order valence-electron chi connectivity index (χ0n) is 13.5. The van der Waals surface area contributed by atoms with Crippen LogP contribution in [0.2, 0.25) is 0 Å². The summed E-state index contributed by atoms with van der Waals surface area (Å²) in [5, 5.41) is 4.34. The maximum atomic E-state index is 12.5. The maximum absolute atomic E-state index is 12.5. The summed E-state index contributed by atoms with van der Waals surface area (Å²) in [6.07, 6.45) is 7.79. The fraction of sp³-hybridized carbons (Fsp3) is 0.750. The molecule has 2 N–H and O–H groups in total. The number of carbonyl (C=O) groups excluding carboxylic acids is 1. The van der Waals surface area contributed by atoms with Crippen molar-refractivity contribution in [2.24, 2.45) is 5.73 Å². The van der Waals surface area contributed by atoms with Crippen LogP contribution in [0.4, 0.5) is 0 Å². The van der Waals surface area contributed by atoms with Gasteiger partial charge in [0.15, 0.2) is 0 Å². The second-order valence-corrected chi connectivity index (χ2v) is 6.36. The molecular formula is C16H28N4O. The Bertz CT molecular complexity index is 472. The largest absolute Gasteiger partial charge is 0.341 e. The topological polar surface area (TPSA) is 64.2 Å². The van der Waals surface area contributed by atoms with Gasteiger partial charge in [-0.2, -0.15) is 5.10 Å². The van der Waals surface area contributed by atoms with E-state index in [1.54, 1.807) is 0 Å². The zero-order valence-corrected chi connectivity index (χ0v) is 13.5. The van der Waals surface area contributed by atoms with Crippen molar-refractivity contribution in [2.45, 2.75) is 64.5 Å². The third-order valence-electron chi connectivity index (χ3n) is 4.49. The van der Waals surface area contributed by atoms with Gasteiger partial charge in [0, 0.05) is 25.8 Å². The number of rotatable bonds is 5. The normalized spacial score (nSPS) is 19.5. The summed E-state index contributed by atoms with van der Waals surface area (Å²) in [6.45, 7) is 8.52. The molecule has 1 amide bonds. The number of amides is 1. The Hall–Kier alpha value is -1.36. The van der Waals surface area contributed by atoms with Crippen LogP contribution < -0.4 is 5.73 Å². The molecule has 118 valence electrons. The molecule has 2 rings (SSSR count). The quantitative estimate of drug-likeness (QED) is 0.904. The molecule has 1 unspecified atom stereocenters. The number of aryl methyl sites for hydroxylation is 1. The van der Waals surface area contributed by atoms with E-state index < -0.39 is 5.54 Å². The highest BCUT2D eigenvalue weighted by atomic mass is 16.2. The van der Waals surface area contributed by atoms with Gasteiger partial charge in [-0.25, -0.2) is 0 Å². The third kappa shape index (κ3) is 3.64. The van der Waals surface area contributed by atoms with Crippen LogP contribution in [0.1, 0.15) is 57.9 Å². The molecule has 1 fully saturated rings. The van der Waals surface area contributed by atoms with Crippen molar-refractivity contribution in [1.82, 2.24) is 14.7 Å². The SMILES string of the molecule is CCCC(C)(N)C(=O)N1CCC(c2cnn(CC)c2)CC1. The molecule has 0 aliphatic carbocycles. The van der Waals surface area contributed by atoms with Crippen LogP contribution >= 0.6 is 0 Å². The van der Waals surface area contributed by atoms with Crippen LogP contribution in [-0.4, -0.2) is 39.2 Å². The predicted octanol–water partition coefficient (Wildman–Crippen LogP) is 2.13. The minimum Gasteiger partial charge on any atom is -0.341 e. The van der Waals surface area contributed by atoms with Crippen LogP contribution in [0.15, 0.2) is 12.4 Å². The molecule has 21 heavy (non-hydrogen) atoms. The maximum Gasteiger partial charge on any atom is 0.242 e. The summed E-state index contributed by atoms with van der Waals surface area (Å²) in [5.41, 5.74) is 6.75. The fourth-order valence-electron chi connectivity index (χ4n) is 3.17. The van der Waals surface area contributed by atoms with E-state index in [1.807, 2.05) is 22.7 Å². The van der Waals surface area contributed by atoms with Crippen molar-refractivity contribution in [3.63, 3.8) is 0 Å². The monoisotopic (exact) mass is 292 g/mol. The molecule has 1 aliphatic heterocycles. The van der Waals surface area contributed by atoms with Gasteiger partial charge in [0.1, 0.15) is 0 Å². The number of piperidine rings is 1. The Labute approximate surface area is 127 Å². The molecule has 5 nitrogen and oxygen atoms in total. The molecule has 1 aromatic heterocycles. The first-order chi connectivity index (χ1) is 9.97. The summed E-state index contributed by atoms with van der Waals surface area (Å²) < 4.78 is 1.96. The number of hydrogen-bond acceptors (Lipinski definition) is 3. The first-order valence-electron chi connectivity index (χ1n) is 8.08. The Morgan fingerprint density at radius 2 is 2.10 bits per heavy atom. The van der Waals surface area contributed by atoms with Gasteiger partial charge in [0.25, 0.3) is 0 Å². The third-order valence-corrected chi connectivity index (χ3v) is 4.49. The highest BCUT2D eigenvalue weighted by molar-refractivity contribution is 5.85. The van der Waals surface area contributed by atoms with Crippen LogP contribution in [0.5, 0.6) is 0 Å².